The molecule has 0 bridgehead atoms. The molecule has 0 aromatic carbocycles. The summed E-state index contributed by atoms with van der Waals surface area (Å²) < 4.78 is 0. The molecule has 16 heavy (non-hydrogen) atoms. The van der Waals surface area contributed by atoms with E-state index in [0.717, 1.165) is 30.8 Å². The summed E-state index contributed by atoms with van der Waals surface area (Å²) >= 11 is 0. The zero-order chi connectivity index (χ0) is 11.5. The lowest BCUT2D eigenvalue weighted by atomic mass is 10.0. The zero-order valence-electron chi connectivity index (χ0n) is 9.39. The van der Waals surface area contributed by atoms with E-state index in [2.05, 4.69) is 4.98 Å². The Morgan fingerprint density at radius 2 is 2.38 bits per heavy atom. The van der Waals surface area contributed by atoms with Crippen LogP contribution in [0.1, 0.15) is 24.8 Å². The van der Waals surface area contributed by atoms with Crippen LogP contribution in [-0.2, 0) is 4.79 Å². The topological polar surface area (TPSA) is 53.4 Å². The van der Waals surface area contributed by atoms with E-state index in [1.54, 1.807) is 6.20 Å². The molecule has 4 heteroatoms. The van der Waals surface area contributed by atoms with E-state index >= 15 is 0 Å². The molecule has 0 amide bonds. The first kappa shape index (κ1) is 10.9. The van der Waals surface area contributed by atoms with E-state index < -0.39 is 12.0 Å². The van der Waals surface area contributed by atoms with Gasteiger partial charge in [0.2, 0.25) is 0 Å². The van der Waals surface area contributed by atoms with Crippen LogP contribution in [0.3, 0.4) is 0 Å². The summed E-state index contributed by atoms with van der Waals surface area (Å²) in [7, 11) is 0. The van der Waals surface area contributed by atoms with Gasteiger partial charge in [0.1, 0.15) is 11.9 Å². The Hall–Kier alpha value is -1.58. The summed E-state index contributed by atoms with van der Waals surface area (Å²) in [6.45, 7) is 2.78. The molecule has 0 saturated carbocycles. The van der Waals surface area contributed by atoms with Gasteiger partial charge in [-0.2, -0.15) is 0 Å². The molecule has 1 aliphatic rings. The van der Waals surface area contributed by atoms with Crippen LogP contribution < -0.4 is 4.90 Å². The number of hydrogen-bond donors (Lipinski definition) is 1. The summed E-state index contributed by atoms with van der Waals surface area (Å²) in [5, 5.41) is 9.17. The van der Waals surface area contributed by atoms with Gasteiger partial charge in [-0.1, -0.05) is 0 Å². The Morgan fingerprint density at radius 3 is 3.06 bits per heavy atom. The fourth-order valence-electron chi connectivity index (χ4n) is 2.14. The molecule has 2 rings (SSSR count). The highest BCUT2D eigenvalue weighted by atomic mass is 16.4. The largest absolute Gasteiger partial charge is 0.480 e. The lowest BCUT2D eigenvalue weighted by molar-refractivity contribution is -0.139. The Labute approximate surface area is 94.9 Å². The molecule has 1 aromatic rings. The van der Waals surface area contributed by atoms with Crippen molar-refractivity contribution >= 4 is 11.8 Å². The fraction of sp³-hybridized carbons (Fsp3) is 0.500. The number of rotatable bonds is 2. The first-order valence-corrected chi connectivity index (χ1v) is 5.60. The van der Waals surface area contributed by atoms with Crippen molar-refractivity contribution in [3.63, 3.8) is 0 Å². The van der Waals surface area contributed by atoms with Crippen molar-refractivity contribution in [3.05, 3.63) is 23.9 Å². The van der Waals surface area contributed by atoms with Gasteiger partial charge in [-0.3, -0.25) is 0 Å². The third kappa shape index (κ3) is 2.15. The Morgan fingerprint density at radius 1 is 1.56 bits per heavy atom. The predicted molar refractivity (Wildman–Crippen MR) is 61.6 cm³/mol. The third-order valence-electron chi connectivity index (χ3n) is 2.98. The minimum absolute atomic E-state index is 0.414. The third-order valence-corrected chi connectivity index (χ3v) is 2.98. The van der Waals surface area contributed by atoms with E-state index in [1.165, 1.54) is 0 Å². The second kappa shape index (κ2) is 4.51. The lowest BCUT2D eigenvalue weighted by Crippen LogP contribution is -2.45. The van der Waals surface area contributed by atoms with Crippen LogP contribution in [0.25, 0.3) is 0 Å². The number of piperidine rings is 1. The number of anilines is 1. The van der Waals surface area contributed by atoms with Crippen molar-refractivity contribution in [2.45, 2.75) is 32.2 Å². The van der Waals surface area contributed by atoms with Gasteiger partial charge in [0.15, 0.2) is 0 Å². The van der Waals surface area contributed by atoms with Gasteiger partial charge in [-0.05, 0) is 43.9 Å². The number of pyridine rings is 1. The van der Waals surface area contributed by atoms with Gasteiger partial charge < -0.3 is 10.0 Å². The fourth-order valence-corrected chi connectivity index (χ4v) is 2.14. The molecular weight excluding hydrogens is 204 g/mol. The molecule has 1 saturated heterocycles. The maximum atomic E-state index is 11.2. The van der Waals surface area contributed by atoms with Gasteiger partial charge >= 0.3 is 5.97 Å². The number of hydrogen-bond acceptors (Lipinski definition) is 3. The second-order valence-electron chi connectivity index (χ2n) is 4.23. The zero-order valence-corrected chi connectivity index (χ0v) is 9.39. The number of aryl methyl sites for hydroxylation is 1. The highest BCUT2D eigenvalue weighted by Crippen LogP contribution is 2.23. The summed E-state index contributed by atoms with van der Waals surface area (Å²) in [6.07, 6.45) is 4.47. The molecule has 1 aromatic heterocycles. The Kier molecular flexibility index (Phi) is 3.08. The maximum absolute atomic E-state index is 11.2. The van der Waals surface area contributed by atoms with Gasteiger partial charge in [-0.15, -0.1) is 0 Å². The minimum Gasteiger partial charge on any atom is -0.480 e. The lowest BCUT2D eigenvalue weighted by Gasteiger charge is -2.33. The average molecular weight is 220 g/mol. The second-order valence-corrected chi connectivity index (χ2v) is 4.23. The molecule has 1 N–H and O–H groups in total. The quantitative estimate of drug-likeness (QED) is 0.826. The van der Waals surface area contributed by atoms with Crippen LogP contribution in [0.2, 0.25) is 0 Å². The monoisotopic (exact) mass is 220 g/mol. The number of nitrogens with zero attached hydrogens (tertiary/aromatic N) is 2. The number of aliphatic carboxylic acids is 1. The molecule has 0 spiro atoms. The minimum atomic E-state index is -0.747. The van der Waals surface area contributed by atoms with Crippen LogP contribution in [0.4, 0.5) is 5.82 Å². The summed E-state index contributed by atoms with van der Waals surface area (Å²) in [5.74, 6) is 0.0371. The smallest absolute Gasteiger partial charge is 0.326 e. The average Bonchev–Trinajstić information content (AvgIpc) is 2.29. The van der Waals surface area contributed by atoms with Crippen molar-refractivity contribution in [1.82, 2.24) is 4.98 Å². The van der Waals surface area contributed by atoms with Crippen LogP contribution in [0.5, 0.6) is 0 Å². The Bertz CT molecular complexity index is 392. The molecule has 0 unspecified atom stereocenters. The van der Waals surface area contributed by atoms with Gasteiger partial charge in [0.25, 0.3) is 0 Å². The molecular formula is C12H16N2O2. The van der Waals surface area contributed by atoms with E-state index in [1.807, 2.05) is 24.0 Å². The standard InChI is InChI=1S/C12H16N2O2/c1-9-5-6-13-11(8-9)14-7-3-2-4-10(14)12(15)16/h5-6,8,10H,2-4,7H2,1H3,(H,15,16)/t10-/m1/s1. The maximum Gasteiger partial charge on any atom is 0.326 e. The van der Waals surface area contributed by atoms with Crippen molar-refractivity contribution in [2.75, 3.05) is 11.4 Å². The molecule has 2 heterocycles. The first-order chi connectivity index (χ1) is 7.68. The first-order valence-electron chi connectivity index (χ1n) is 5.60. The molecule has 1 fully saturated rings. The van der Waals surface area contributed by atoms with Gasteiger partial charge in [0.05, 0.1) is 0 Å². The molecule has 1 aliphatic heterocycles. The van der Waals surface area contributed by atoms with Crippen LogP contribution in [0.15, 0.2) is 18.3 Å². The number of carboxylic acids is 1. The van der Waals surface area contributed by atoms with Gasteiger partial charge in [0, 0.05) is 12.7 Å². The molecule has 4 nitrogen and oxygen atoms in total. The highest BCUT2D eigenvalue weighted by Gasteiger charge is 2.29. The Balaban J connectivity index is 2.26. The van der Waals surface area contributed by atoms with Crippen molar-refractivity contribution < 1.29 is 9.90 Å². The van der Waals surface area contributed by atoms with Crippen molar-refractivity contribution in [1.29, 1.82) is 0 Å². The molecule has 1 atom stereocenters. The van der Waals surface area contributed by atoms with E-state index in [9.17, 15) is 4.79 Å². The van der Waals surface area contributed by atoms with Crippen LogP contribution in [-0.4, -0.2) is 28.6 Å². The van der Waals surface area contributed by atoms with Crippen molar-refractivity contribution in [3.8, 4) is 0 Å². The predicted octanol–water partition coefficient (Wildman–Crippen LogP) is 1.83. The molecule has 86 valence electrons. The SMILES string of the molecule is Cc1ccnc(N2CCCC[C@@H]2C(=O)O)c1. The summed E-state index contributed by atoms with van der Waals surface area (Å²) in [6, 6.07) is 3.45. The normalized spacial score (nSPS) is 20.8. The highest BCUT2D eigenvalue weighted by molar-refractivity contribution is 5.78. The number of carbonyl (C=O) groups is 1. The molecule has 0 aliphatic carbocycles. The van der Waals surface area contributed by atoms with E-state index in [0.29, 0.717) is 6.42 Å². The van der Waals surface area contributed by atoms with E-state index in [4.69, 9.17) is 5.11 Å². The van der Waals surface area contributed by atoms with E-state index in [-0.39, 0.29) is 0 Å². The number of aromatic nitrogens is 1. The van der Waals surface area contributed by atoms with Crippen LogP contribution >= 0.6 is 0 Å². The van der Waals surface area contributed by atoms with Crippen LogP contribution in [0, 0.1) is 6.92 Å². The summed E-state index contributed by atoms with van der Waals surface area (Å²) in [5.41, 5.74) is 1.11. The number of carboxylic acid groups (broad SMARTS) is 1. The molecule has 0 radical (unpaired) electrons. The van der Waals surface area contributed by atoms with Crippen molar-refractivity contribution in [2.24, 2.45) is 0 Å². The van der Waals surface area contributed by atoms with Gasteiger partial charge in [-0.25, -0.2) is 9.78 Å². The summed E-state index contributed by atoms with van der Waals surface area (Å²) in [4.78, 5) is 17.3.